The van der Waals surface area contributed by atoms with Gasteiger partial charge in [0, 0.05) is 30.2 Å². The molecule has 0 fully saturated rings. The number of carbonyl (C=O) groups excluding carboxylic acids is 1. The normalized spacial score (nSPS) is 10.4. The predicted octanol–water partition coefficient (Wildman–Crippen LogP) is 0.301. The number of nitrogens with zero attached hydrogens (tertiary/aromatic N) is 4. The highest BCUT2D eigenvalue weighted by Crippen LogP contribution is 2.03. The molecule has 0 aromatic carbocycles. The third-order valence-corrected chi connectivity index (χ3v) is 2.42. The number of nitrogens with two attached hydrogens (primary N) is 1. The largest absolute Gasteiger partial charge is 0.364 e. The minimum absolute atomic E-state index is 0.141. The molecule has 2 aromatic rings. The summed E-state index contributed by atoms with van der Waals surface area (Å²) in [6.45, 7) is 5.00. The van der Waals surface area contributed by atoms with Crippen molar-refractivity contribution < 1.29 is 4.79 Å². The van der Waals surface area contributed by atoms with E-state index in [-0.39, 0.29) is 5.69 Å². The van der Waals surface area contributed by atoms with Crippen LogP contribution in [0.2, 0.25) is 0 Å². The van der Waals surface area contributed by atoms with Crippen molar-refractivity contribution in [1.29, 1.82) is 0 Å². The Morgan fingerprint density at radius 1 is 1.42 bits per heavy atom. The maximum absolute atomic E-state index is 10.9. The molecule has 7 heteroatoms. The van der Waals surface area contributed by atoms with E-state index in [0.717, 1.165) is 11.4 Å². The van der Waals surface area contributed by atoms with Crippen molar-refractivity contribution in [2.24, 2.45) is 5.73 Å². The van der Waals surface area contributed by atoms with Gasteiger partial charge in [0.15, 0.2) is 5.69 Å². The molecule has 2 heterocycles. The zero-order valence-electron chi connectivity index (χ0n) is 10.8. The summed E-state index contributed by atoms with van der Waals surface area (Å²) >= 11 is 0. The summed E-state index contributed by atoms with van der Waals surface area (Å²) in [7, 11) is 0. The number of nitrogens with one attached hydrogen (secondary N) is 1. The molecule has 0 aliphatic heterocycles. The molecule has 0 saturated heterocycles. The molecular weight excluding hydrogens is 244 g/mol. The van der Waals surface area contributed by atoms with Gasteiger partial charge >= 0.3 is 0 Å². The Morgan fingerprint density at radius 2 is 2.11 bits per heavy atom. The molecule has 1 amide bonds. The lowest BCUT2D eigenvalue weighted by Gasteiger charge is -2.06. The molecule has 0 aliphatic rings. The van der Waals surface area contributed by atoms with Crippen LogP contribution in [0.4, 0.5) is 5.95 Å². The fourth-order valence-electron chi connectivity index (χ4n) is 1.64. The molecular formula is C12H15N6O. The third-order valence-electron chi connectivity index (χ3n) is 2.42. The van der Waals surface area contributed by atoms with Crippen LogP contribution in [0.3, 0.4) is 0 Å². The molecule has 1 radical (unpaired) electrons. The van der Waals surface area contributed by atoms with Gasteiger partial charge in [-0.05, 0) is 19.9 Å². The van der Waals surface area contributed by atoms with Crippen molar-refractivity contribution in [2.75, 3.05) is 11.9 Å². The molecule has 0 unspecified atom stereocenters. The lowest BCUT2D eigenvalue weighted by atomic mass is 10.4. The molecule has 7 nitrogen and oxygen atoms in total. The van der Waals surface area contributed by atoms with Gasteiger partial charge in [0.05, 0.1) is 6.54 Å². The quantitative estimate of drug-likeness (QED) is 0.804. The number of rotatable bonds is 5. The molecule has 99 valence electrons. The minimum atomic E-state index is -0.579. The van der Waals surface area contributed by atoms with Crippen molar-refractivity contribution in [3.8, 4) is 0 Å². The summed E-state index contributed by atoms with van der Waals surface area (Å²) in [4.78, 5) is 19.4. The molecule has 3 N–H and O–H groups in total. The Morgan fingerprint density at radius 3 is 2.68 bits per heavy atom. The van der Waals surface area contributed by atoms with Crippen molar-refractivity contribution in [3.05, 3.63) is 35.4 Å². The molecule has 0 bridgehead atoms. The van der Waals surface area contributed by atoms with E-state index in [9.17, 15) is 4.79 Å². The molecule has 0 saturated carbocycles. The van der Waals surface area contributed by atoms with Crippen molar-refractivity contribution in [1.82, 2.24) is 19.7 Å². The van der Waals surface area contributed by atoms with Crippen LogP contribution in [0.15, 0.2) is 12.3 Å². The van der Waals surface area contributed by atoms with E-state index in [2.05, 4.69) is 26.4 Å². The first-order valence-electron chi connectivity index (χ1n) is 5.85. The van der Waals surface area contributed by atoms with Gasteiger partial charge in [0.1, 0.15) is 0 Å². The van der Waals surface area contributed by atoms with Gasteiger partial charge in [0.2, 0.25) is 5.95 Å². The number of amides is 1. The molecule has 0 aliphatic carbocycles. The number of aryl methyl sites for hydroxylation is 2. The van der Waals surface area contributed by atoms with E-state index in [4.69, 9.17) is 5.73 Å². The Kier molecular flexibility index (Phi) is 3.74. The highest BCUT2D eigenvalue weighted by Gasteiger charge is 2.05. The second-order valence-electron chi connectivity index (χ2n) is 4.15. The van der Waals surface area contributed by atoms with Crippen molar-refractivity contribution in [2.45, 2.75) is 20.4 Å². The van der Waals surface area contributed by atoms with Crippen LogP contribution in [0.5, 0.6) is 0 Å². The topological polar surface area (TPSA) is 98.7 Å². The Balaban J connectivity index is 1.90. The van der Waals surface area contributed by atoms with Crippen LogP contribution in [0.25, 0.3) is 0 Å². The van der Waals surface area contributed by atoms with Crippen LogP contribution in [0.1, 0.15) is 21.9 Å². The molecule has 2 rings (SSSR count). The molecule has 0 atom stereocenters. The van der Waals surface area contributed by atoms with E-state index in [1.165, 1.54) is 0 Å². The van der Waals surface area contributed by atoms with Gasteiger partial charge in [-0.25, -0.2) is 9.97 Å². The monoisotopic (exact) mass is 259 g/mol. The van der Waals surface area contributed by atoms with Crippen LogP contribution >= 0.6 is 0 Å². The standard InChI is InChI=1S/C12H15N6O/c1-8-7-9(2)16-12(15-8)14-4-6-18-5-3-10(17-18)11(13)19/h5,7H,4,6H2,1-2H3,(H2,13,19)(H,14,15,16). The maximum Gasteiger partial charge on any atom is 0.269 e. The second-order valence-corrected chi connectivity index (χ2v) is 4.15. The van der Waals surface area contributed by atoms with Crippen LogP contribution < -0.4 is 11.1 Å². The van der Waals surface area contributed by atoms with Gasteiger partial charge in [-0.15, -0.1) is 0 Å². The zero-order valence-corrected chi connectivity index (χ0v) is 10.8. The number of anilines is 1. The number of carbonyl (C=O) groups is 1. The van der Waals surface area contributed by atoms with E-state index in [1.54, 1.807) is 10.9 Å². The second kappa shape index (κ2) is 5.47. The van der Waals surface area contributed by atoms with Crippen molar-refractivity contribution >= 4 is 11.9 Å². The fraction of sp³-hybridized carbons (Fsp3) is 0.333. The van der Waals surface area contributed by atoms with Gasteiger partial charge in [0.25, 0.3) is 5.91 Å². The summed E-state index contributed by atoms with van der Waals surface area (Å²) in [5.74, 6) is 0.00751. The van der Waals surface area contributed by atoms with E-state index >= 15 is 0 Å². The van der Waals surface area contributed by atoms with E-state index in [0.29, 0.717) is 19.0 Å². The fourth-order valence-corrected chi connectivity index (χ4v) is 1.64. The Labute approximate surface area is 110 Å². The first-order chi connectivity index (χ1) is 9.04. The van der Waals surface area contributed by atoms with E-state index in [1.807, 2.05) is 19.9 Å². The summed E-state index contributed by atoms with van der Waals surface area (Å²) in [6.07, 6.45) is 1.59. The number of hydrogen-bond donors (Lipinski definition) is 2. The van der Waals surface area contributed by atoms with Crippen molar-refractivity contribution in [3.63, 3.8) is 0 Å². The highest BCUT2D eigenvalue weighted by molar-refractivity contribution is 5.90. The average Bonchev–Trinajstić information content (AvgIpc) is 2.76. The lowest BCUT2D eigenvalue weighted by Crippen LogP contribution is -2.15. The summed E-state index contributed by atoms with van der Waals surface area (Å²) in [5.41, 5.74) is 7.07. The van der Waals surface area contributed by atoms with Crippen LogP contribution in [-0.4, -0.2) is 32.2 Å². The lowest BCUT2D eigenvalue weighted by molar-refractivity contribution is 0.0994. The van der Waals surface area contributed by atoms with Gasteiger partial charge in [-0.1, -0.05) is 0 Å². The average molecular weight is 259 g/mol. The predicted molar refractivity (Wildman–Crippen MR) is 69.6 cm³/mol. The van der Waals surface area contributed by atoms with Crippen LogP contribution in [0, 0.1) is 19.9 Å². The number of hydrogen-bond acceptors (Lipinski definition) is 5. The van der Waals surface area contributed by atoms with Gasteiger partial charge < -0.3 is 11.1 Å². The number of primary amides is 1. The molecule has 2 aromatic heterocycles. The molecule has 19 heavy (non-hydrogen) atoms. The summed E-state index contributed by atoms with van der Waals surface area (Å²) in [6, 6.07) is 4.60. The highest BCUT2D eigenvalue weighted by atomic mass is 16.1. The third kappa shape index (κ3) is 3.51. The maximum atomic E-state index is 10.9. The first kappa shape index (κ1) is 13.0. The smallest absolute Gasteiger partial charge is 0.269 e. The van der Waals surface area contributed by atoms with Gasteiger partial charge in [-0.3, -0.25) is 9.48 Å². The summed E-state index contributed by atoms with van der Waals surface area (Å²) in [5, 5.41) is 7.08. The van der Waals surface area contributed by atoms with E-state index < -0.39 is 5.91 Å². The van der Waals surface area contributed by atoms with Crippen LogP contribution in [-0.2, 0) is 6.54 Å². The first-order valence-corrected chi connectivity index (χ1v) is 5.85. The molecule has 0 spiro atoms. The zero-order chi connectivity index (χ0) is 13.8. The number of aromatic nitrogens is 4. The Bertz CT molecular complexity index is 571. The SMILES string of the molecule is Cc1cc(C)nc(NCCn2c[c]c(C(N)=O)n2)n1. The Hall–Kier alpha value is -2.44. The van der Waals surface area contributed by atoms with Gasteiger partial charge in [-0.2, -0.15) is 5.10 Å². The summed E-state index contributed by atoms with van der Waals surface area (Å²) < 4.78 is 1.59. The minimum Gasteiger partial charge on any atom is -0.364 e.